The van der Waals surface area contributed by atoms with E-state index >= 15 is 0 Å². The monoisotopic (exact) mass is 260 g/mol. The summed E-state index contributed by atoms with van der Waals surface area (Å²) in [5, 5.41) is 5.65. The molecule has 0 aromatic carbocycles. The molecular weight excluding hydrogens is 244 g/mol. The molecule has 0 spiro atoms. The van der Waals surface area contributed by atoms with Crippen molar-refractivity contribution >= 4 is 11.6 Å². The van der Waals surface area contributed by atoms with Gasteiger partial charge in [-0.1, -0.05) is 0 Å². The molecule has 1 amide bonds. The normalized spacial score (nSPS) is 14.8. The maximum atomic E-state index is 11.9. The van der Waals surface area contributed by atoms with Gasteiger partial charge in [-0.05, 0) is 26.7 Å². The maximum absolute atomic E-state index is 11.9. The standard InChI is InChI=1S/C13H16N4O2/c1-7-10(5-12(18)15-9-3-4-9)8(2)17-11(14-7)6-13(19)16-17/h6,9H,3-5H2,1-2H3,(H,15,18)(H,16,19). The number of H-pyrrole nitrogens is 1. The lowest BCUT2D eigenvalue weighted by Gasteiger charge is -2.11. The summed E-state index contributed by atoms with van der Waals surface area (Å²) in [5.41, 5.74) is 2.93. The number of amides is 1. The highest BCUT2D eigenvalue weighted by atomic mass is 16.1. The van der Waals surface area contributed by atoms with Crippen molar-refractivity contribution in [1.82, 2.24) is 19.9 Å². The molecule has 1 aliphatic carbocycles. The Morgan fingerprint density at radius 3 is 2.95 bits per heavy atom. The fraction of sp³-hybridized carbons (Fsp3) is 0.462. The van der Waals surface area contributed by atoms with Gasteiger partial charge in [-0.15, -0.1) is 0 Å². The Hall–Kier alpha value is -2.11. The van der Waals surface area contributed by atoms with Crippen LogP contribution in [0.1, 0.15) is 29.8 Å². The molecule has 19 heavy (non-hydrogen) atoms. The van der Waals surface area contributed by atoms with Crippen molar-refractivity contribution in [1.29, 1.82) is 0 Å². The first-order valence-corrected chi connectivity index (χ1v) is 6.42. The summed E-state index contributed by atoms with van der Waals surface area (Å²) in [6.45, 7) is 3.75. The third-order valence-corrected chi connectivity index (χ3v) is 3.48. The number of aromatic nitrogens is 3. The first kappa shape index (κ1) is 12.0. The highest BCUT2D eigenvalue weighted by Crippen LogP contribution is 2.19. The smallest absolute Gasteiger partial charge is 0.266 e. The largest absolute Gasteiger partial charge is 0.353 e. The molecule has 0 bridgehead atoms. The van der Waals surface area contributed by atoms with Gasteiger partial charge in [-0.2, -0.15) is 0 Å². The number of hydrogen-bond acceptors (Lipinski definition) is 3. The van der Waals surface area contributed by atoms with Crippen LogP contribution in [0, 0.1) is 13.8 Å². The van der Waals surface area contributed by atoms with Crippen LogP contribution in [-0.2, 0) is 11.2 Å². The summed E-state index contributed by atoms with van der Waals surface area (Å²) in [6, 6.07) is 1.81. The minimum Gasteiger partial charge on any atom is -0.353 e. The van der Waals surface area contributed by atoms with Gasteiger partial charge in [-0.3, -0.25) is 14.7 Å². The molecule has 2 aromatic heterocycles. The molecule has 1 fully saturated rings. The van der Waals surface area contributed by atoms with Crippen LogP contribution in [0.5, 0.6) is 0 Å². The number of hydrogen-bond donors (Lipinski definition) is 2. The lowest BCUT2D eigenvalue weighted by Crippen LogP contribution is -2.28. The molecule has 2 heterocycles. The zero-order valence-electron chi connectivity index (χ0n) is 11.0. The topological polar surface area (TPSA) is 79.3 Å². The third kappa shape index (κ3) is 2.25. The molecule has 6 nitrogen and oxygen atoms in total. The van der Waals surface area contributed by atoms with E-state index in [2.05, 4.69) is 15.4 Å². The van der Waals surface area contributed by atoms with Crippen LogP contribution in [0.15, 0.2) is 10.9 Å². The Morgan fingerprint density at radius 2 is 2.26 bits per heavy atom. The molecule has 6 heteroatoms. The molecular formula is C13H16N4O2. The second-order valence-corrected chi connectivity index (χ2v) is 5.09. The van der Waals surface area contributed by atoms with E-state index in [1.165, 1.54) is 6.07 Å². The minimum atomic E-state index is -0.186. The van der Waals surface area contributed by atoms with E-state index in [9.17, 15) is 9.59 Å². The van der Waals surface area contributed by atoms with Gasteiger partial charge in [0.15, 0.2) is 5.65 Å². The number of fused-ring (bicyclic) bond motifs is 1. The van der Waals surface area contributed by atoms with Crippen molar-refractivity contribution in [3.63, 3.8) is 0 Å². The average Bonchev–Trinajstić information content (AvgIpc) is 3.06. The fourth-order valence-electron chi connectivity index (χ4n) is 2.28. The SMILES string of the molecule is Cc1nc2cc(=O)[nH]n2c(C)c1CC(=O)NC1CC1. The van der Waals surface area contributed by atoms with Crippen LogP contribution in [0.3, 0.4) is 0 Å². The highest BCUT2D eigenvalue weighted by molar-refractivity contribution is 5.79. The van der Waals surface area contributed by atoms with Gasteiger partial charge in [0.25, 0.3) is 5.56 Å². The second kappa shape index (κ2) is 4.22. The zero-order valence-corrected chi connectivity index (χ0v) is 11.0. The van der Waals surface area contributed by atoms with Gasteiger partial charge in [0.1, 0.15) is 0 Å². The van der Waals surface area contributed by atoms with E-state index < -0.39 is 0 Å². The quantitative estimate of drug-likeness (QED) is 0.841. The molecule has 1 saturated carbocycles. The Balaban J connectivity index is 1.97. The van der Waals surface area contributed by atoms with Crippen molar-refractivity contribution in [2.45, 2.75) is 39.2 Å². The lowest BCUT2D eigenvalue weighted by atomic mass is 10.1. The fourth-order valence-corrected chi connectivity index (χ4v) is 2.28. The van der Waals surface area contributed by atoms with E-state index in [1.54, 1.807) is 4.52 Å². The van der Waals surface area contributed by atoms with Crippen molar-refractivity contribution in [3.05, 3.63) is 33.4 Å². The zero-order chi connectivity index (χ0) is 13.6. The molecule has 100 valence electrons. The number of aryl methyl sites for hydroxylation is 2. The number of nitrogens with zero attached hydrogens (tertiary/aromatic N) is 2. The summed E-state index contributed by atoms with van der Waals surface area (Å²) in [6.07, 6.45) is 2.45. The van der Waals surface area contributed by atoms with Gasteiger partial charge < -0.3 is 5.32 Å². The predicted octanol–water partition coefficient (Wildman–Crippen LogP) is 0.461. The van der Waals surface area contributed by atoms with Crippen molar-refractivity contribution in [2.24, 2.45) is 0 Å². The van der Waals surface area contributed by atoms with E-state index in [4.69, 9.17) is 0 Å². The van der Waals surface area contributed by atoms with Crippen LogP contribution in [0.2, 0.25) is 0 Å². The van der Waals surface area contributed by atoms with Crippen LogP contribution < -0.4 is 10.9 Å². The van der Waals surface area contributed by atoms with Crippen LogP contribution in [0.25, 0.3) is 5.65 Å². The second-order valence-electron chi connectivity index (χ2n) is 5.09. The molecule has 0 aliphatic heterocycles. The number of carbonyl (C=O) groups excluding carboxylic acids is 1. The van der Waals surface area contributed by atoms with Gasteiger partial charge in [-0.25, -0.2) is 9.50 Å². The molecule has 0 saturated heterocycles. The van der Waals surface area contributed by atoms with E-state index in [-0.39, 0.29) is 11.5 Å². The molecule has 3 rings (SSSR count). The molecule has 0 atom stereocenters. The van der Waals surface area contributed by atoms with Crippen molar-refractivity contribution in [2.75, 3.05) is 0 Å². The van der Waals surface area contributed by atoms with Crippen molar-refractivity contribution in [3.8, 4) is 0 Å². The summed E-state index contributed by atoms with van der Waals surface area (Å²) in [5.74, 6) is 0.0179. The first-order valence-electron chi connectivity index (χ1n) is 6.42. The van der Waals surface area contributed by atoms with Crippen LogP contribution in [-0.4, -0.2) is 26.5 Å². The lowest BCUT2D eigenvalue weighted by molar-refractivity contribution is -0.120. The van der Waals surface area contributed by atoms with E-state index in [0.29, 0.717) is 18.1 Å². The summed E-state index contributed by atoms with van der Waals surface area (Å²) in [7, 11) is 0. The molecule has 2 aromatic rings. The Morgan fingerprint density at radius 1 is 1.53 bits per heavy atom. The Bertz CT molecular complexity index is 709. The summed E-state index contributed by atoms with van der Waals surface area (Å²) < 4.78 is 1.63. The Labute approximate surface area is 109 Å². The van der Waals surface area contributed by atoms with E-state index in [0.717, 1.165) is 29.8 Å². The average molecular weight is 260 g/mol. The predicted molar refractivity (Wildman–Crippen MR) is 70.2 cm³/mol. The number of aromatic amines is 1. The van der Waals surface area contributed by atoms with Gasteiger partial charge in [0.05, 0.1) is 6.42 Å². The molecule has 0 radical (unpaired) electrons. The van der Waals surface area contributed by atoms with Crippen LogP contribution in [0.4, 0.5) is 0 Å². The van der Waals surface area contributed by atoms with Crippen LogP contribution >= 0.6 is 0 Å². The highest BCUT2D eigenvalue weighted by Gasteiger charge is 2.24. The summed E-state index contributed by atoms with van der Waals surface area (Å²) in [4.78, 5) is 27.6. The number of rotatable bonds is 3. The maximum Gasteiger partial charge on any atom is 0.266 e. The summed E-state index contributed by atoms with van der Waals surface area (Å²) >= 11 is 0. The molecule has 2 N–H and O–H groups in total. The Kier molecular flexibility index (Phi) is 2.66. The van der Waals surface area contributed by atoms with Gasteiger partial charge >= 0.3 is 0 Å². The number of nitrogens with one attached hydrogen (secondary N) is 2. The van der Waals surface area contributed by atoms with E-state index in [1.807, 2.05) is 13.8 Å². The molecule has 0 unspecified atom stereocenters. The number of carbonyl (C=O) groups is 1. The van der Waals surface area contributed by atoms with Gasteiger partial charge in [0, 0.05) is 29.1 Å². The molecule has 1 aliphatic rings. The first-order chi connectivity index (χ1) is 9.04. The van der Waals surface area contributed by atoms with Crippen molar-refractivity contribution < 1.29 is 4.79 Å². The third-order valence-electron chi connectivity index (χ3n) is 3.48. The van der Waals surface area contributed by atoms with Gasteiger partial charge in [0.2, 0.25) is 5.91 Å². The minimum absolute atomic E-state index is 0.0179.